The maximum Gasteiger partial charge on any atom is 0.321 e. The summed E-state index contributed by atoms with van der Waals surface area (Å²) in [6.07, 6.45) is -0.288. The van der Waals surface area contributed by atoms with Gasteiger partial charge < -0.3 is 10.2 Å². The highest BCUT2D eigenvalue weighted by Gasteiger charge is 2.25. The van der Waals surface area contributed by atoms with Crippen molar-refractivity contribution in [2.45, 2.75) is 17.4 Å². The molecule has 9 heteroatoms. The lowest BCUT2D eigenvalue weighted by atomic mass is 10.2. The predicted octanol–water partition coefficient (Wildman–Crippen LogP) is 0.593. The van der Waals surface area contributed by atoms with Crippen LogP contribution >= 0.6 is 11.6 Å². The number of benzene rings is 1. The van der Waals surface area contributed by atoms with Gasteiger partial charge in [-0.15, -0.1) is 0 Å². The average Bonchev–Trinajstić information content (AvgIpc) is 2.31. The number of aliphatic carboxylic acids is 1. The molecule has 0 spiro atoms. The fraction of sp³-hybridized carbons (Fsp3) is 0.300. The Kier molecular flexibility index (Phi) is 5.24. The Hall–Kier alpha value is -1.22. The summed E-state index contributed by atoms with van der Waals surface area (Å²) in [6, 6.07) is 1.22. The fourth-order valence-electron chi connectivity index (χ4n) is 1.26. The molecule has 0 aliphatic rings. The number of aliphatic hydroxyl groups excluding tert-OH is 1. The predicted molar refractivity (Wildman–Crippen MR) is 64.9 cm³/mol. The highest BCUT2D eigenvalue weighted by molar-refractivity contribution is 7.89. The number of carboxylic acids is 1. The van der Waals surface area contributed by atoms with Crippen molar-refractivity contribution in [2.24, 2.45) is 0 Å². The number of sulfonamides is 1. The van der Waals surface area contributed by atoms with Crippen molar-refractivity contribution in [3.63, 3.8) is 0 Å². The molecule has 0 saturated carbocycles. The van der Waals surface area contributed by atoms with Gasteiger partial charge in [-0.3, -0.25) is 4.79 Å². The van der Waals surface area contributed by atoms with Crippen molar-refractivity contribution in [1.29, 1.82) is 0 Å². The zero-order valence-electron chi connectivity index (χ0n) is 9.51. The number of rotatable bonds is 6. The number of hydrogen-bond acceptors (Lipinski definition) is 4. The summed E-state index contributed by atoms with van der Waals surface area (Å²) in [5.74, 6) is -2.21. The summed E-state index contributed by atoms with van der Waals surface area (Å²) in [6.45, 7) is -0.496. The molecule has 19 heavy (non-hydrogen) atoms. The van der Waals surface area contributed by atoms with Crippen molar-refractivity contribution in [2.75, 3.05) is 6.61 Å². The zero-order chi connectivity index (χ0) is 14.6. The minimum Gasteiger partial charge on any atom is -0.480 e. The Morgan fingerprint density at radius 2 is 2.11 bits per heavy atom. The fourth-order valence-corrected chi connectivity index (χ4v) is 2.76. The summed E-state index contributed by atoms with van der Waals surface area (Å²) in [7, 11) is -4.16. The van der Waals surface area contributed by atoms with Crippen molar-refractivity contribution in [3.8, 4) is 0 Å². The number of halogens is 2. The van der Waals surface area contributed by atoms with Crippen molar-refractivity contribution in [3.05, 3.63) is 29.0 Å². The van der Waals surface area contributed by atoms with E-state index in [4.69, 9.17) is 21.8 Å². The summed E-state index contributed by atoms with van der Waals surface area (Å²) in [5.41, 5.74) is 0. The number of carboxylic acid groups (broad SMARTS) is 1. The molecule has 1 rings (SSSR count). The summed E-state index contributed by atoms with van der Waals surface area (Å²) in [4.78, 5) is 10.4. The van der Waals surface area contributed by atoms with Gasteiger partial charge in [-0.05, 0) is 24.6 Å². The highest BCUT2D eigenvalue weighted by atomic mass is 35.5. The maximum absolute atomic E-state index is 12.9. The number of hydrogen-bond donors (Lipinski definition) is 3. The van der Waals surface area contributed by atoms with Gasteiger partial charge in [0.15, 0.2) is 0 Å². The molecule has 0 heterocycles. The van der Waals surface area contributed by atoms with Gasteiger partial charge in [-0.1, -0.05) is 11.6 Å². The van der Waals surface area contributed by atoms with Crippen molar-refractivity contribution in [1.82, 2.24) is 4.72 Å². The Morgan fingerprint density at radius 3 is 2.58 bits per heavy atom. The molecule has 1 unspecified atom stereocenters. The number of aliphatic hydroxyl groups is 1. The molecule has 0 amide bonds. The van der Waals surface area contributed by atoms with Crippen LogP contribution < -0.4 is 4.72 Å². The third-order valence-corrected chi connectivity index (χ3v) is 3.97. The molecule has 0 aliphatic heterocycles. The normalized spacial score (nSPS) is 13.2. The molecule has 0 bridgehead atoms. The number of carbonyl (C=O) groups is 1. The van der Waals surface area contributed by atoms with Crippen LogP contribution in [0.1, 0.15) is 6.42 Å². The van der Waals surface area contributed by atoms with Crippen molar-refractivity contribution < 1.29 is 27.8 Å². The summed E-state index contributed by atoms with van der Waals surface area (Å²) in [5, 5.41) is 17.1. The van der Waals surface area contributed by atoms with Crippen LogP contribution in [0.5, 0.6) is 0 Å². The van der Waals surface area contributed by atoms with Crippen LogP contribution in [-0.4, -0.2) is 37.2 Å². The lowest BCUT2D eigenvalue weighted by Crippen LogP contribution is -2.41. The smallest absolute Gasteiger partial charge is 0.321 e. The largest absolute Gasteiger partial charge is 0.480 e. The first kappa shape index (κ1) is 15.8. The standard InChI is InChI=1S/C10H11ClFNO5S/c11-7-5-6(1-2-8(7)12)19(17,18)13-9(3-4-14)10(15)16/h1-2,5,9,13-14H,3-4H2,(H,15,16). The SMILES string of the molecule is O=C(O)C(CCO)NS(=O)(=O)c1ccc(F)c(Cl)c1. The molecule has 6 nitrogen and oxygen atoms in total. The lowest BCUT2D eigenvalue weighted by Gasteiger charge is -2.13. The van der Waals surface area contributed by atoms with E-state index in [0.717, 1.165) is 18.2 Å². The average molecular weight is 312 g/mol. The number of nitrogens with one attached hydrogen (secondary N) is 1. The minimum absolute atomic E-state index is 0.288. The summed E-state index contributed by atoms with van der Waals surface area (Å²) >= 11 is 5.46. The van der Waals surface area contributed by atoms with E-state index in [0.29, 0.717) is 0 Å². The van der Waals surface area contributed by atoms with E-state index in [9.17, 15) is 17.6 Å². The van der Waals surface area contributed by atoms with E-state index in [1.54, 1.807) is 0 Å². The zero-order valence-corrected chi connectivity index (χ0v) is 11.1. The molecule has 0 fully saturated rings. The molecule has 3 N–H and O–H groups in total. The molecule has 0 aliphatic carbocycles. The topological polar surface area (TPSA) is 104 Å². The second-order valence-corrected chi connectivity index (χ2v) is 5.72. The Bertz CT molecular complexity index is 577. The van der Waals surface area contributed by atoms with Crippen LogP contribution in [0.25, 0.3) is 0 Å². The molecule has 0 aromatic heterocycles. The van der Waals surface area contributed by atoms with Gasteiger partial charge in [-0.2, -0.15) is 4.72 Å². The van der Waals surface area contributed by atoms with Gasteiger partial charge in [-0.25, -0.2) is 12.8 Å². The molecule has 1 aromatic rings. The van der Waals surface area contributed by atoms with Crippen LogP contribution in [0, 0.1) is 5.82 Å². The van der Waals surface area contributed by atoms with Crippen LogP contribution in [0.3, 0.4) is 0 Å². The van der Waals surface area contributed by atoms with E-state index in [-0.39, 0.29) is 11.3 Å². The first-order valence-electron chi connectivity index (χ1n) is 5.09. The molecular formula is C10H11ClFNO5S. The minimum atomic E-state index is -4.16. The van der Waals surface area contributed by atoms with Gasteiger partial charge in [0, 0.05) is 6.61 Å². The first-order chi connectivity index (χ1) is 8.77. The molecule has 1 aromatic carbocycles. The van der Waals surface area contributed by atoms with E-state index >= 15 is 0 Å². The van der Waals surface area contributed by atoms with Crippen LogP contribution in [-0.2, 0) is 14.8 Å². The Labute approximate surface area is 113 Å². The third kappa shape index (κ3) is 4.13. The van der Waals surface area contributed by atoms with E-state index < -0.39 is 39.5 Å². The van der Waals surface area contributed by atoms with Gasteiger partial charge in [0.05, 0.1) is 9.92 Å². The van der Waals surface area contributed by atoms with Crippen LogP contribution in [0.2, 0.25) is 5.02 Å². The van der Waals surface area contributed by atoms with Crippen LogP contribution in [0.15, 0.2) is 23.1 Å². The molecule has 0 radical (unpaired) electrons. The van der Waals surface area contributed by atoms with Gasteiger partial charge in [0.2, 0.25) is 10.0 Å². The van der Waals surface area contributed by atoms with Gasteiger partial charge in [0.1, 0.15) is 11.9 Å². The maximum atomic E-state index is 12.9. The second kappa shape index (κ2) is 6.29. The van der Waals surface area contributed by atoms with Crippen LogP contribution in [0.4, 0.5) is 4.39 Å². The Balaban J connectivity index is 3.03. The van der Waals surface area contributed by atoms with Gasteiger partial charge in [0.25, 0.3) is 0 Å². The first-order valence-corrected chi connectivity index (χ1v) is 6.95. The molecule has 0 saturated heterocycles. The summed E-state index contributed by atoms with van der Waals surface area (Å²) < 4.78 is 38.5. The molecule has 106 valence electrons. The Morgan fingerprint density at radius 1 is 1.47 bits per heavy atom. The molecular weight excluding hydrogens is 301 g/mol. The quantitative estimate of drug-likeness (QED) is 0.713. The molecule has 1 atom stereocenters. The monoisotopic (exact) mass is 311 g/mol. The third-order valence-electron chi connectivity index (χ3n) is 2.21. The van der Waals surface area contributed by atoms with E-state index in [1.807, 2.05) is 4.72 Å². The second-order valence-electron chi connectivity index (χ2n) is 3.60. The lowest BCUT2D eigenvalue weighted by molar-refractivity contribution is -0.139. The van der Waals surface area contributed by atoms with Crippen molar-refractivity contribution >= 4 is 27.6 Å². The van der Waals surface area contributed by atoms with E-state index in [1.165, 1.54) is 0 Å². The van der Waals surface area contributed by atoms with Gasteiger partial charge >= 0.3 is 5.97 Å². The highest BCUT2D eigenvalue weighted by Crippen LogP contribution is 2.19. The van der Waals surface area contributed by atoms with E-state index in [2.05, 4.69) is 0 Å².